The standard InChI is InChI=1S/C20H29N3O3.HI/c1-5-21-20(22-14-17-12-15(2)26-16(17)3)23-18-8-6-9-19(13-18)25-11-7-10-24-4;/h6,8-9,12-13H,5,7,10-11,14H2,1-4H3,(H2,21,22,23);1H. The molecule has 0 radical (unpaired) electrons. The number of aryl methyl sites for hydroxylation is 2. The third-order valence-electron chi connectivity index (χ3n) is 3.75. The predicted molar refractivity (Wildman–Crippen MR) is 120 cm³/mol. The van der Waals surface area contributed by atoms with E-state index in [4.69, 9.17) is 13.9 Å². The van der Waals surface area contributed by atoms with Crippen LogP contribution in [-0.2, 0) is 11.3 Å². The Labute approximate surface area is 178 Å². The first-order chi connectivity index (χ1) is 12.6. The second-order valence-electron chi connectivity index (χ2n) is 5.98. The second kappa shape index (κ2) is 12.6. The van der Waals surface area contributed by atoms with Gasteiger partial charge < -0.3 is 24.5 Å². The van der Waals surface area contributed by atoms with E-state index in [0.29, 0.717) is 19.8 Å². The number of benzene rings is 1. The van der Waals surface area contributed by atoms with Gasteiger partial charge in [0, 0.05) is 44.0 Å². The molecule has 0 bridgehead atoms. The van der Waals surface area contributed by atoms with Crippen LogP contribution in [0.2, 0.25) is 0 Å². The summed E-state index contributed by atoms with van der Waals surface area (Å²) in [5.41, 5.74) is 2.02. The Hall–Kier alpha value is -1.74. The number of furan rings is 1. The van der Waals surface area contributed by atoms with Crippen molar-refractivity contribution in [2.24, 2.45) is 4.99 Å². The lowest BCUT2D eigenvalue weighted by atomic mass is 10.2. The Bertz CT molecular complexity index is 716. The molecule has 2 aromatic rings. The normalized spacial score (nSPS) is 11.0. The minimum atomic E-state index is 0. The fourth-order valence-corrected chi connectivity index (χ4v) is 2.51. The lowest BCUT2D eigenvalue weighted by molar-refractivity contribution is 0.172. The Balaban J connectivity index is 0.00000364. The molecule has 2 N–H and O–H groups in total. The van der Waals surface area contributed by atoms with Gasteiger partial charge in [-0.3, -0.25) is 0 Å². The molecule has 2 rings (SSSR count). The van der Waals surface area contributed by atoms with Crippen molar-refractivity contribution in [1.82, 2.24) is 5.32 Å². The lowest BCUT2D eigenvalue weighted by Crippen LogP contribution is -2.30. The lowest BCUT2D eigenvalue weighted by Gasteiger charge is -2.13. The van der Waals surface area contributed by atoms with Crippen LogP contribution >= 0.6 is 24.0 Å². The van der Waals surface area contributed by atoms with Crippen LogP contribution in [0.3, 0.4) is 0 Å². The van der Waals surface area contributed by atoms with Gasteiger partial charge in [0.1, 0.15) is 17.3 Å². The van der Waals surface area contributed by atoms with E-state index in [1.807, 2.05) is 51.1 Å². The number of hydrogen-bond acceptors (Lipinski definition) is 4. The Kier molecular flexibility index (Phi) is 10.9. The zero-order chi connectivity index (χ0) is 18.8. The van der Waals surface area contributed by atoms with Crippen LogP contribution in [0.5, 0.6) is 5.75 Å². The molecule has 0 aliphatic rings. The first-order valence-electron chi connectivity index (χ1n) is 8.95. The molecule has 0 amide bonds. The number of nitrogens with one attached hydrogen (secondary N) is 2. The highest BCUT2D eigenvalue weighted by Crippen LogP contribution is 2.18. The van der Waals surface area contributed by atoms with E-state index in [1.165, 1.54) is 0 Å². The molecule has 0 spiro atoms. The topological polar surface area (TPSA) is 68.0 Å². The molecule has 0 saturated heterocycles. The highest BCUT2D eigenvalue weighted by Gasteiger charge is 2.05. The summed E-state index contributed by atoms with van der Waals surface area (Å²) >= 11 is 0. The van der Waals surface area contributed by atoms with Gasteiger partial charge in [0.15, 0.2) is 5.96 Å². The van der Waals surface area contributed by atoms with Crippen molar-refractivity contribution >= 4 is 35.6 Å². The first-order valence-corrected chi connectivity index (χ1v) is 8.95. The van der Waals surface area contributed by atoms with Crippen molar-refractivity contribution < 1.29 is 13.9 Å². The van der Waals surface area contributed by atoms with Crippen LogP contribution in [-0.4, -0.2) is 32.8 Å². The molecule has 0 fully saturated rings. The highest BCUT2D eigenvalue weighted by atomic mass is 127. The number of guanidine groups is 1. The summed E-state index contributed by atoms with van der Waals surface area (Å²) in [6.07, 6.45) is 0.863. The molecule has 7 heteroatoms. The summed E-state index contributed by atoms with van der Waals surface area (Å²) in [7, 11) is 1.69. The average Bonchev–Trinajstić information content (AvgIpc) is 2.94. The Morgan fingerprint density at radius 2 is 2.00 bits per heavy atom. The van der Waals surface area contributed by atoms with Crippen LogP contribution < -0.4 is 15.4 Å². The van der Waals surface area contributed by atoms with Gasteiger partial charge in [0.05, 0.1) is 13.2 Å². The van der Waals surface area contributed by atoms with Crippen molar-refractivity contribution in [2.45, 2.75) is 33.7 Å². The molecule has 1 aromatic carbocycles. The van der Waals surface area contributed by atoms with Gasteiger partial charge >= 0.3 is 0 Å². The molecule has 0 unspecified atom stereocenters. The Morgan fingerprint density at radius 1 is 1.19 bits per heavy atom. The number of rotatable bonds is 9. The number of aliphatic imine (C=N–C) groups is 1. The molecule has 27 heavy (non-hydrogen) atoms. The van der Waals surface area contributed by atoms with Crippen molar-refractivity contribution in [3.8, 4) is 5.75 Å². The summed E-state index contributed by atoms with van der Waals surface area (Å²) in [5.74, 6) is 3.36. The first kappa shape index (κ1) is 23.3. The van der Waals surface area contributed by atoms with Crippen molar-refractivity contribution in [1.29, 1.82) is 0 Å². The molecule has 0 aliphatic carbocycles. The van der Waals surface area contributed by atoms with E-state index in [0.717, 1.165) is 47.4 Å². The monoisotopic (exact) mass is 487 g/mol. The number of methoxy groups -OCH3 is 1. The van der Waals surface area contributed by atoms with Crippen LogP contribution in [0.1, 0.15) is 30.4 Å². The van der Waals surface area contributed by atoms with Crippen molar-refractivity contribution in [3.63, 3.8) is 0 Å². The number of anilines is 1. The van der Waals surface area contributed by atoms with E-state index >= 15 is 0 Å². The largest absolute Gasteiger partial charge is 0.493 e. The van der Waals surface area contributed by atoms with Crippen LogP contribution in [0.25, 0.3) is 0 Å². The van der Waals surface area contributed by atoms with E-state index in [1.54, 1.807) is 7.11 Å². The second-order valence-corrected chi connectivity index (χ2v) is 5.98. The minimum absolute atomic E-state index is 0. The molecule has 1 heterocycles. The summed E-state index contributed by atoms with van der Waals surface area (Å²) in [6, 6.07) is 9.88. The zero-order valence-corrected chi connectivity index (χ0v) is 18.8. The van der Waals surface area contributed by atoms with Crippen LogP contribution in [0.4, 0.5) is 5.69 Å². The smallest absolute Gasteiger partial charge is 0.196 e. The van der Waals surface area contributed by atoms with Gasteiger partial charge in [-0.15, -0.1) is 24.0 Å². The molecule has 0 aliphatic heterocycles. The van der Waals surface area contributed by atoms with Gasteiger partial charge in [-0.2, -0.15) is 0 Å². The fraction of sp³-hybridized carbons (Fsp3) is 0.450. The summed E-state index contributed by atoms with van der Waals surface area (Å²) in [5, 5.41) is 6.58. The molecule has 0 atom stereocenters. The maximum absolute atomic E-state index is 5.75. The number of ether oxygens (including phenoxy) is 2. The van der Waals surface area contributed by atoms with E-state index in [2.05, 4.69) is 15.6 Å². The zero-order valence-electron chi connectivity index (χ0n) is 16.5. The van der Waals surface area contributed by atoms with E-state index < -0.39 is 0 Å². The van der Waals surface area contributed by atoms with Crippen LogP contribution in [0.15, 0.2) is 39.7 Å². The number of nitrogens with zero attached hydrogens (tertiary/aromatic N) is 1. The SMILES string of the molecule is CCNC(=NCc1cc(C)oc1C)Nc1cccc(OCCCOC)c1.I. The molecule has 1 aromatic heterocycles. The maximum Gasteiger partial charge on any atom is 0.196 e. The summed E-state index contributed by atoms with van der Waals surface area (Å²) in [4.78, 5) is 4.65. The molecular weight excluding hydrogens is 457 g/mol. The number of hydrogen-bond donors (Lipinski definition) is 2. The summed E-state index contributed by atoms with van der Waals surface area (Å²) in [6.45, 7) is 8.62. The fourth-order valence-electron chi connectivity index (χ4n) is 2.51. The van der Waals surface area contributed by atoms with Crippen molar-refractivity contribution in [3.05, 3.63) is 47.4 Å². The highest BCUT2D eigenvalue weighted by molar-refractivity contribution is 14.0. The average molecular weight is 487 g/mol. The Morgan fingerprint density at radius 3 is 2.67 bits per heavy atom. The quantitative estimate of drug-likeness (QED) is 0.236. The molecule has 150 valence electrons. The molecule has 6 nitrogen and oxygen atoms in total. The van der Waals surface area contributed by atoms with Gasteiger partial charge in [-0.05, 0) is 39.0 Å². The van der Waals surface area contributed by atoms with Crippen molar-refractivity contribution in [2.75, 3.05) is 32.2 Å². The molecule has 0 saturated carbocycles. The molecular formula is C20H30IN3O3. The maximum atomic E-state index is 5.75. The summed E-state index contributed by atoms with van der Waals surface area (Å²) < 4.78 is 16.3. The van der Waals surface area contributed by atoms with Gasteiger partial charge in [-0.1, -0.05) is 6.07 Å². The van der Waals surface area contributed by atoms with Gasteiger partial charge in [0.2, 0.25) is 0 Å². The third-order valence-corrected chi connectivity index (χ3v) is 3.75. The predicted octanol–water partition coefficient (Wildman–Crippen LogP) is 4.51. The van der Waals surface area contributed by atoms with Crippen LogP contribution in [0, 0.1) is 13.8 Å². The minimum Gasteiger partial charge on any atom is -0.493 e. The van der Waals surface area contributed by atoms with Gasteiger partial charge in [0.25, 0.3) is 0 Å². The van der Waals surface area contributed by atoms with Gasteiger partial charge in [-0.25, -0.2) is 4.99 Å². The third kappa shape index (κ3) is 8.21. The number of halogens is 1. The van der Waals surface area contributed by atoms with E-state index in [-0.39, 0.29) is 24.0 Å². The van der Waals surface area contributed by atoms with E-state index in [9.17, 15) is 0 Å².